The van der Waals surface area contributed by atoms with Gasteiger partial charge in [-0.15, -0.1) is 11.3 Å². The standard InChI is InChI=1S/C20H25N3O3S/c1-14-21-18(24)17(27-14)13-15-7-5-6-8-16(15)22-9-11-23(12-10-22)19(25)26-20(2,3)4/h5-8,13H,1,9-12H2,2-4H3,(H,21,24). The Balaban J connectivity index is 1.77. The van der Waals surface area contributed by atoms with E-state index in [0.717, 1.165) is 11.3 Å². The molecule has 1 saturated heterocycles. The number of para-hydroxylation sites is 1. The van der Waals surface area contributed by atoms with Crippen LogP contribution in [0.25, 0.3) is 12.7 Å². The minimum absolute atomic E-state index is 0.116. The van der Waals surface area contributed by atoms with E-state index in [-0.39, 0.29) is 11.7 Å². The number of carbonyl (C=O) groups excluding carboxylic acids is 1. The van der Waals surface area contributed by atoms with E-state index < -0.39 is 5.60 Å². The third-order valence-electron chi connectivity index (χ3n) is 4.21. The highest BCUT2D eigenvalue weighted by molar-refractivity contribution is 7.07. The van der Waals surface area contributed by atoms with Gasteiger partial charge in [-0.3, -0.25) is 4.79 Å². The van der Waals surface area contributed by atoms with Crippen LogP contribution < -0.4 is 19.7 Å². The Morgan fingerprint density at radius 1 is 1.22 bits per heavy atom. The number of nitrogens with one attached hydrogen (secondary N) is 1. The molecule has 0 unspecified atom stereocenters. The highest BCUT2D eigenvalue weighted by atomic mass is 32.1. The van der Waals surface area contributed by atoms with Crippen LogP contribution in [0.3, 0.4) is 0 Å². The molecule has 6 nitrogen and oxygen atoms in total. The fourth-order valence-corrected chi connectivity index (χ4v) is 3.72. The van der Waals surface area contributed by atoms with Gasteiger partial charge in [0, 0.05) is 31.9 Å². The summed E-state index contributed by atoms with van der Waals surface area (Å²) >= 11 is 1.35. The molecule has 1 amide bonds. The lowest BCUT2D eigenvalue weighted by molar-refractivity contribution is 0.0240. The summed E-state index contributed by atoms with van der Waals surface area (Å²) in [5.74, 6) is 0. The Labute approximate surface area is 162 Å². The molecule has 0 bridgehead atoms. The Bertz CT molecular complexity index is 979. The molecule has 0 spiro atoms. The van der Waals surface area contributed by atoms with E-state index >= 15 is 0 Å². The van der Waals surface area contributed by atoms with Crippen LogP contribution in [0.2, 0.25) is 0 Å². The van der Waals surface area contributed by atoms with Crippen molar-refractivity contribution in [2.75, 3.05) is 31.1 Å². The lowest BCUT2D eigenvalue weighted by Gasteiger charge is -2.37. The number of carbonyl (C=O) groups is 1. The first-order chi connectivity index (χ1) is 12.7. The Morgan fingerprint density at radius 2 is 1.89 bits per heavy atom. The van der Waals surface area contributed by atoms with E-state index in [1.807, 2.05) is 51.1 Å². The van der Waals surface area contributed by atoms with Crippen molar-refractivity contribution < 1.29 is 9.53 Å². The highest BCUT2D eigenvalue weighted by Gasteiger charge is 2.26. The van der Waals surface area contributed by atoms with Gasteiger partial charge in [-0.25, -0.2) is 4.79 Å². The number of amides is 1. The summed E-state index contributed by atoms with van der Waals surface area (Å²) in [6, 6.07) is 7.98. The third-order valence-corrected chi connectivity index (χ3v) is 5.08. The molecule has 1 N–H and O–H groups in total. The number of thiazole rings is 1. The van der Waals surface area contributed by atoms with Crippen LogP contribution in [0.5, 0.6) is 0 Å². The van der Waals surface area contributed by atoms with Gasteiger partial charge < -0.3 is 19.5 Å². The van der Waals surface area contributed by atoms with E-state index in [4.69, 9.17) is 4.74 Å². The molecule has 0 aliphatic carbocycles. The maximum absolute atomic E-state index is 12.2. The largest absolute Gasteiger partial charge is 0.444 e. The van der Waals surface area contributed by atoms with Crippen molar-refractivity contribution in [1.82, 2.24) is 9.88 Å². The minimum Gasteiger partial charge on any atom is -0.444 e. The lowest BCUT2D eigenvalue weighted by Crippen LogP contribution is -2.50. The van der Waals surface area contributed by atoms with Crippen molar-refractivity contribution in [2.24, 2.45) is 0 Å². The molecule has 1 aliphatic heterocycles. The van der Waals surface area contributed by atoms with Crippen molar-refractivity contribution in [2.45, 2.75) is 26.4 Å². The van der Waals surface area contributed by atoms with Crippen LogP contribution in [0.15, 0.2) is 29.1 Å². The van der Waals surface area contributed by atoms with Crippen molar-refractivity contribution >= 4 is 35.8 Å². The molecule has 1 aliphatic rings. The Morgan fingerprint density at radius 3 is 2.48 bits per heavy atom. The van der Waals surface area contributed by atoms with Crippen LogP contribution in [-0.2, 0) is 4.74 Å². The lowest BCUT2D eigenvalue weighted by atomic mass is 10.1. The smallest absolute Gasteiger partial charge is 0.410 e. The number of aromatic nitrogens is 1. The Hall–Kier alpha value is -2.54. The maximum Gasteiger partial charge on any atom is 0.410 e. The number of hydrogen-bond acceptors (Lipinski definition) is 5. The van der Waals surface area contributed by atoms with E-state index in [0.29, 0.717) is 35.4 Å². The first-order valence-electron chi connectivity index (χ1n) is 8.95. The molecule has 144 valence electrons. The zero-order chi connectivity index (χ0) is 19.6. The quantitative estimate of drug-likeness (QED) is 0.852. The predicted molar refractivity (Wildman–Crippen MR) is 110 cm³/mol. The molecule has 1 aromatic carbocycles. The summed E-state index contributed by atoms with van der Waals surface area (Å²) in [5, 5.41) is 0. The fourth-order valence-electron chi connectivity index (χ4n) is 2.98. The minimum atomic E-state index is -0.490. The summed E-state index contributed by atoms with van der Waals surface area (Å²) in [7, 11) is 0. The number of anilines is 1. The van der Waals surface area contributed by atoms with Gasteiger partial charge in [0.1, 0.15) is 5.60 Å². The molecule has 7 heteroatoms. The van der Waals surface area contributed by atoms with E-state index in [1.54, 1.807) is 4.90 Å². The second-order valence-corrected chi connectivity index (χ2v) is 8.64. The first-order valence-corrected chi connectivity index (χ1v) is 9.76. The topological polar surface area (TPSA) is 65.6 Å². The highest BCUT2D eigenvalue weighted by Crippen LogP contribution is 2.23. The number of benzene rings is 1. The summed E-state index contributed by atoms with van der Waals surface area (Å²) in [6.07, 6.45) is 1.63. The normalized spacial score (nSPS) is 15.9. The number of piperazine rings is 1. The molecule has 1 fully saturated rings. The van der Waals surface area contributed by atoms with Crippen molar-refractivity contribution in [3.63, 3.8) is 0 Å². The average molecular weight is 388 g/mol. The predicted octanol–water partition coefficient (Wildman–Crippen LogP) is 1.73. The molecule has 2 aromatic rings. The van der Waals surface area contributed by atoms with Crippen LogP contribution in [0.4, 0.5) is 10.5 Å². The monoisotopic (exact) mass is 387 g/mol. The number of rotatable bonds is 2. The van der Waals surface area contributed by atoms with Gasteiger partial charge in [-0.05, 0) is 38.5 Å². The number of ether oxygens (including phenoxy) is 1. The third kappa shape index (κ3) is 4.80. The summed E-state index contributed by atoms with van der Waals surface area (Å²) in [6.45, 7) is 12.0. The van der Waals surface area contributed by atoms with Crippen molar-refractivity contribution in [3.8, 4) is 0 Å². The molecule has 27 heavy (non-hydrogen) atoms. The zero-order valence-electron chi connectivity index (χ0n) is 15.9. The molecule has 2 heterocycles. The van der Waals surface area contributed by atoms with Crippen LogP contribution in [-0.4, -0.2) is 47.8 Å². The fraction of sp³-hybridized carbons (Fsp3) is 0.400. The second-order valence-electron chi connectivity index (χ2n) is 7.50. The van der Waals surface area contributed by atoms with Crippen LogP contribution in [0, 0.1) is 0 Å². The molecule has 0 saturated carbocycles. The molecule has 0 radical (unpaired) electrons. The first kappa shape index (κ1) is 19.2. The van der Waals surface area contributed by atoms with E-state index in [1.165, 1.54) is 11.3 Å². The molecular weight excluding hydrogens is 362 g/mol. The summed E-state index contributed by atoms with van der Waals surface area (Å²) in [4.78, 5) is 30.9. The average Bonchev–Trinajstić information content (AvgIpc) is 2.91. The van der Waals surface area contributed by atoms with Gasteiger partial charge in [0.2, 0.25) is 0 Å². The molecule has 0 atom stereocenters. The molecule has 1 aromatic heterocycles. The summed E-state index contributed by atoms with van der Waals surface area (Å²) in [5.41, 5.74) is 1.43. The summed E-state index contributed by atoms with van der Waals surface area (Å²) < 4.78 is 6.74. The second kappa shape index (κ2) is 7.60. The van der Waals surface area contributed by atoms with Crippen LogP contribution >= 0.6 is 11.3 Å². The van der Waals surface area contributed by atoms with Gasteiger partial charge in [-0.1, -0.05) is 24.8 Å². The van der Waals surface area contributed by atoms with Gasteiger partial charge in [0.15, 0.2) is 0 Å². The van der Waals surface area contributed by atoms with Crippen LogP contribution in [0.1, 0.15) is 26.3 Å². The van der Waals surface area contributed by atoms with Gasteiger partial charge in [-0.2, -0.15) is 0 Å². The van der Waals surface area contributed by atoms with Crippen molar-refractivity contribution in [3.05, 3.63) is 49.4 Å². The van der Waals surface area contributed by atoms with Gasteiger partial charge in [0.25, 0.3) is 5.56 Å². The van der Waals surface area contributed by atoms with E-state index in [2.05, 4.69) is 16.5 Å². The maximum atomic E-state index is 12.2. The number of aromatic amines is 1. The van der Waals surface area contributed by atoms with Gasteiger partial charge >= 0.3 is 6.09 Å². The van der Waals surface area contributed by atoms with E-state index in [9.17, 15) is 9.59 Å². The number of H-pyrrole nitrogens is 1. The Kier molecular flexibility index (Phi) is 5.41. The molecule has 3 rings (SSSR count). The number of nitrogens with zero attached hydrogens (tertiary/aromatic N) is 2. The molecular formula is C20H25N3O3S. The van der Waals surface area contributed by atoms with Crippen molar-refractivity contribution in [1.29, 1.82) is 0 Å². The zero-order valence-corrected chi connectivity index (χ0v) is 16.8. The SMILES string of the molecule is C=c1[nH]c(=O)c(=Cc2ccccc2N2CCN(C(=O)OC(C)(C)C)CC2)s1. The number of hydrogen-bond donors (Lipinski definition) is 1. The van der Waals surface area contributed by atoms with Gasteiger partial charge in [0.05, 0.1) is 9.20 Å².